The van der Waals surface area contributed by atoms with E-state index in [2.05, 4.69) is 10.3 Å². The maximum Gasteiger partial charge on any atom is 0.243 e. The average Bonchev–Trinajstić information content (AvgIpc) is 2.80. The number of benzene rings is 1. The van der Waals surface area contributed by atoms with Crippen LogP contribution in [0.1, 0.15) is 4.88 Å². The third-order valence-corrected chi connectivity index (χ3v) is 4.29. The predicted octanol–water partition coefficient (Wildman–Crippen LogP) is 3.83. The van der Waals surface area contributed by atoms with E-state index < -0.39 is 0 Å². The molecule has 0 atom stereocenters. The summed E-state index contributed by atoms with van der Waals surface area (Å²) in [5.41, 5.74) is 0.619. The molecule has 0 saturated heterocycles. The number of nitrogens with zero attached hydrogens (tertiary/aromatic N) is 2. The summed E-state index contributed by atoms with van der Waals surface area (Å²) in [5.74, 6) is -0.140. The van der Waals surface area contributed by atoms with Gasteiger partial charge in [0.15, 0.2) is 5.13 Å². The topological polar surface area (TPSA) is 45.2 Å². The van der Waals surface area contributed by atoms with Gasteiger partial charge in [0.2, 0.25) is 5.91 Å². The van der Waals surface area contributed by atoms with Crippen molar-refractivity contribution in [1.82, 2.24) is 4.98 Å². The molecule has 0 radical (unpaired) electrons. The minimum absolute atomic E-state index is 0.140. The number of nitrogens with one attached hydrogen (secondary N) is 1. The minimum atomic E-state index is -0.140. The number of anilines is 2. The van der Waals surface area contributed by atoms with E-state index in [1.165, 1.54) is 0 Å². The fourth-order valence-electron chi connectivity index (χ4n) is 1.58. The van der Waals surface area contributed by atoms with Crippen LogP contribution in [0.4, 0.5) is 10.8 Å². The molecule has 0 bridgehead atoms. The maximum absolute atomic E-state index is 11.9. The van der Waals surface area contributed by atoms with Crippen molar-refractivity contribution in [3.63, 3.8) is 0 Å². The Hall–Kier alpha value is -1.30. The number of rotatable bonds is 4. The highest BCUT2D eigenvalue weighted by molar-refractivity contribution is 7.15. The Morgan fingerprint density at radius 2 is 2.15 bits per heavy atom. The molecule has 1 aromatic carbocycles. The number of halogens is 2. The molecule has 106 valence electrons. The molecule has 4 nitrogen and oxygen atoms in total. The van der Waals surface area contributed by atoms with Crippen LogP contribution >= 0.6 is 34.5 Å². The van der Waals surface area contributed by atoms with E-state index in [1.54, 1.807) is 40.6 Å². The first-order valence-corrected chi connectivity index (χ1v) is 7.41. The van der Waals surface area contributed by atoms with Crippen molar-refractivity contribution >= 4 is 51.3 Å². The van der Waals surface area contributed by atoms with Crippen molar-refractivity contribution in [1.29, 1.82) is 0 Å². The summed E-state index contributed by atoms with van der Waals surface area (Å²) in [6, 6.07) is 4.97. The Morgan fingerprint density at radius 3 is 2.75 bits per heavy atom. The number of aryl methyl sites for hydroxylation is 1. The van der Waals surface area contributed by atoms with Crippen LogP contribution in [0.3, 0.4) is 0 Å². The number of carbonyl (C=O) groups excluding carboxylic acids is 1. The maximum atomic E-state index is 11.9. The highest BCUT2D eigenvalue weighted by Crippen LogP contribution is 2.25. The van der Waals surface area contributed by atoms with Crippen LogP contribution in [-0.2, 0) is 4.79 Å². The molecule has 1 N–H and O–H groups in total. The quantitative estimate of drug-likeness (QED) is 0.927. The monoisotopic (exact) mass is 329 g/mol. The summed E-state index contributed by atoms with van der Waals surface area (Å²) >= 11 is 13.3. The van der Waals surface area contributed by atoms with Gasteiger partial charge in [-0.2, -0.15) is 0 Å². The zero-order chi connectivity index (χ0) is 14.7. The summed E-state index contributed by atoms with van der Waals surface area (Å²) < 4.78 is 0. The fourth-order valence-corrected chi connectivity index (χ4v) is 2.59. The van der Waals surface area contributed by atoms with Crippen molar-refractivity contribution in [2.75, 3.05) is 23.8 Å². The van der Waals surface area contributed by atoms with Gasteiger partial charge >= 0.3 is 0 Å². The molecule has 2 rings (SSSR count). The van der Waals surface area contributed by atoms with E-state index >= 15 is 0 Å². The zero-order valence-corrected chi connectivity index (χ0v) is 13.3. The van der Waals surface area contributed by atoms with Gasteiger partial charge in [0.25, 0.3) is 0 Å². The Bertz CT molecular complexity index is 630. The second-order valence-corrected chi connectivity index (χ2v) is 6.31. The van der Waals surface area contributed by atoms with Gasteiger partial charge in [0.1, 0.15) is 0 Å². The van der Waals surface area contributed by atoms with E-state index in [4.69, 9.17) is 23.2 Å². The molecule has 0 aliphatic carbocycles. The van der Waals surface area contributed by atoms with Gasteiger partial charge in [0, 0.05) is 23.8 Å². The lowest BCUT2D eigenvalue weighted by molar-refractivity contribution is -0.114. The number of carbonyl (C=O) groups is 1. The van der Waals surface area contributed by atoms with Gasteiger partial charge in [-0.05, 0) is 25.1 Å². The van der Waals surface area contributed by atoms with Crippen LogP contribution in [-0.4, -0.2) is 24.5 Å². The van der Waals surface area contributed by atoms with Gasteiger partial charge in [-0.3, -0.25) is 4.79 Å². The molecule has 0 fully saturated rings. The van der Waals surface area contributed by atoms with Crippen LogP contribution in [0.15, 0.2) is 24.4 Å². The summed E-state index contributed by atoms with van der Waals surface area (Å²) in [4.78, 5) is 19.1. The van der Waals surface area contributed by atoms with Crippen LogP contribution in [0, 0.1) is 6.92 Å². The summed E-state index contributed by atoms with van der Waals surface area (Å²) in [5, 5.41) is 4.45. The Balaban J connectivity index is 1.96. The van der Waals surface area contributed by atoms with Crippen LogP contribution in [0.25, 0.3) is 0 Å². The Morgan fingerprint density at radius 1 is 1.40 bits per heavy atom. The lowest BCUT2D eigenvalue weighted by atomic mass is 10.3. The van der Waals surface area contributed by atoms with Gasteiger partial charge in [-0.1, -0.05) is 23.2 Å². The average molecular weight is 330 g/mol. The Labute approximate surface area is 131 Å². The first-order chi connectivity index (χ1) is 9.45. The van der Waals surface area contributed by atoms with E-state index in [-0.39, 0.29) is 12.5 Å². The molecule has 2 aromatic rings. The van der Waals surface area contributed by atoms with Gasteiger partial charge in [0.05, 0.1) is 16.6 Å². The molecule has 0 unspecified atom stereocenters. The molecule has 0 saturated carbocycles. The molecular weight excluding hydrogens is 317 g/mol. The molecule has 1 amide bonds. The smallest absolute Gasteiger partial charge is 0.243 e. The van der Waals surface area contributed by atoms with Crippen LogP contribution < -0.4 is 10.2 Å². The first-order valence-electron chi connectivity index (χ1n) is 5.84. The lowest BCUT2D eigenvalue weighted by Gasteiger charge is -2.15. The van der Waals surface area contributed by atoms with Crippen molar-refractivity contribution in [2.45, 2.75) is 6.92 Å². The molecule has 7 heteroatoms. The minimum Gasteiger partial charge on any atom is -0.342 e. The van der Waals surface area contributed by atoms with Crippen molar-refractivity contribution in [3.8, 4) is 0 Å². The molecule has 1 aromatic heterocycles. The predicted molar refractivity (Wildman–Crippen MR) is 85.2 cm³/mol. The molecule has 20 heavy (non-hydrogen) atoms. The van der Waals surface area contributed by atoms with Gasteiger partial charge in [-0.25, -0.2) is 4.98 Å². The van der Waals surface area contributed by atoms with E-state index in [1.807, 2.05) is 14.0 Å². The number of likely N-dealkylation sites (N-methyl/N-ethyl adjacent to an activating group) is 1. The highest BCUT2D eigenvalue weighted by atomic mass is 35.5. The number of amides is 1. The van der Waals surface area contributed by atoms with Crippen molar-refractivity contribution in [2.24, 2.45) is 0 Å². The normalized spacial score (nSPS) is 10.4. The fraction of sp³-hybridized carbons (Fsp3) is 0.231. The number of hydrogen-bond donors (Lipinski definition) is 1. The second kappa shape index (κ2) is 6.43. The van der Waals surface area contributed by atoms with Crippen molar-refractivity contribution < 1.29 is 4.79 Å². The third kappa shape index (κ3) is 3.85. The Kier molecular flexibility index (Phi) is 4.86. The van der Waals surface area contributed by atoms with Gasteiger partial charge < -0.3 is 10.2 Å². The van der Waals surface area contributed by atoms with Crippen LogP contribution in [0.5, 0.6) is 0 Å². The first kappa shape index (κ1) is 15.1. The number of hydrogen-bond acceptors (Lipinski definition) is 4. The lowest BCUT2D eigenvalue weighted by Crippen LogP contribution is -2.29. The van der Waals surface area contributed by atoms with E-state index in [9.17, 15) is 4.79 Å². The highest BCUT2D eigenvalue weighted by Gasteiger charge is 2.11. The molecule has 0 aliphatic rings. The SMILES string of the molecule is Cc1cnc(N(C)CC(=O)Nc2ccc(Cl)c(Cl)c2)s1. The molecule has 1 heterocycles. The largest absolute Gasteiger partial charge is 0.342 e. The summed E-state index contributed by atoms with van der Waals surface area (Å²) in [6.45, 7) is 2.19. The summed E-state index contributed by atoms with van der Waals surface area (Å²) in [7, 11) is 1.83. The molecule has 0 aliphatic heterocycles. The third-order valence-electron chi connectivity index (χ3n) is 2.52. The summed E-state index contributed by atoms with van der Waals surface area (Å²) in [6.07, 6.45) is 1.79. The van der Waals surface area contributed by atoms with Crippen molar-refractivity contribution in [3.05, 3.63) is 39.3 Å². The molecular formula is C13H13Cl2N3OS. The van der Waals surface area contributed by atoms with E-state index in [0.717, 1.165) is 10.0 Å². The van der Waals surface area contributed by atoms with Gasteiger partial charge in [-0.15, -0.1) is 11.3 Å². The number of thiazole rings is 1. The second-order valence-electron chi connectivity index (χ2n) is 4.29. The van der Waals surface area contributed by atoms with Crippen LogP contribution in [0.2, 0.25) is 10.0 Å². The standard InChI is InChI=1S/C13H13Cl2N3OS/c1-8-6-16-13(20-8)18(2)7-12(19)17-9-3-4-10(14)11(15)5-9/h3-6H,7H2,1-2H3,(H,17,19). The zero-order valence-electron chi connectivity index (χ0n) is 11.0. The van der Waals surface area contributed by atoms with E-state index in [0.29, 0.717) is 15.7 Å². The number of aromatic nitrogens is 1. The molecule has 0 spiro atoms.